The fourth-order valence-corrected chi connectivity index (χ4v) is 1.39. The van der Waals surface area contributed by atoms with Gasteiger partial charge in [-0.15, -0.1) is 0 Å². The first-order valence-electron chi connectivity index (χ1n) is 4.09. The van der Waals surface area contributed by atoms with Gasteiger partial charge in [0.15, 0.2) is 5.49 Å². The SMILES string of the molecule is O=C1N=c2cncnc2=NC12CC2. The van der Waals surface area contributed by atoms with Gasteiger partial charge >= 0.3 is 0 Å². The van der Waals surface area contributed by atoms with Crippen LogP contribution in [-0.4, -0.2) is 21.4 Å². The minimum Gasteiger partial charge on any atom is -0.270 e. The lowest BCUT2D eigenvalue weighted by molar-refractivity contribution is -0.120. The van der Waals surface area contributed by atoms with Gasteiger partial charge in [0.05, 0.1) is 6.20 Å². The van der Waals surface area contributed by atoms with Gasteiger partial charge in [-0.25, -0.2) is 20.0 Å². The van der Waals surface area contributed by atoms with Crippen LogP contribution < -0.4 is 10.8 Å². The van der Waals surface area contributed by atoms with E-state index in [4.69, 9.17) is 0 Å². The molecule has 1 amide bonds. The van der Waals surface area contributed by atoms with Crippen molar-refractivity contribution in [2.24, 2.45) is 9.98 Å². The van der Waals surface area contributed by atoms with Gasteiger partial charge in [-0.3, -0.25) is 4.79 Å². The van der Waals surface area contributed by atoms with Crippen molar-refractivity contribution < 1.29 is 4.79 Å². The Labute approximate surface area is 73.3 Å². The summed E-state index contributed by atoms with van der Waals surface area (Å²) in [5.41, 5.74) is 0.00792. The van der Waals surface area contributed by atoms with Crippen LogP contribution in [0, 0.1) is 0 Å². The van der Waals surface area contributed by atoms with Crippen molar-refractivity contribution in [2.75, 3.05) is 0 Å². The second-order valence-electron chi connectivity index (χ2n) is 3.29. The maximum atomic E-state index is 11.4. The van der Waals surface area contributed by atoms with Crippen molar-refractivity contribution in [3.63, 3.8) is 0 Å². The summed E-state index contributed by atoms with van der Waals surface area (Å²) in [5.74, 6) is -0.144. The van der Waals surface area contributed by atoms with Crippen LogP contribution in [0.4, 0.5) is 0 Å². The van der Waals surface area contributed by atoms with Crippen LogP contribution in [0.1, 0.15) is 12.8 Å². The Hall–Kier alpha value is -1.65. The standard InChI is InChI=1S/C8H6N4O/c13-7-8(1-2-8)12-6-5(11-7)3-9-4-10-6/h3-4H,1-2H2. The first-order valence-corrected chi connectivity index (χ1v) is 4.09. The zero-order chi connectivity index (χ0) is 8.89. The number of rotatable bonds is 0. The van der Waals surface area contributed by atoms with Gasteiger partial charge in [0.1, 0.15) is 17.2 Å². The molecular weight excluding hydrogens is 168 g/mol. The molecule has 64 valence electrons. The number of nitrogens with zero attached hydrogens (tertiary/aromatic N) is 4. The predicted molar refractivity (Wildman–Crippen MR) is 41.3 cm³/mol. The summed E-state index contributed by atoms with van der Waals surface area (Å²) in [6, 6.07) is 0. The quantitative estimate of drug-likeness (QED) is 0.495. The molecule has 1 aromatic rings. The van der Waals surface area contributed by atoms with E-state index in [0.717, 1.165) is 12.8 Å². The van der Waals surface area contributed by atoms with E-state index in [1.165, 1.54) is 12.5 Å². The first-order chi connectivity index (χ1) is 6.30. The molecule has 1 fully saturated rings. The molecule has 13 heavy (non-hydrogen) atoms. The van der Waals surface area contributed by atoms with Crippen molar-refractivity contribution in [1.29, 1.82) is 0 Å². The number of carbonyl (C=O) groups is 1. The van der Waals surface area contributed by atoms with E-state index in [1.54, 1.807) is 0 Å². The second-order valence-corrected chi connectivity index (χ2v) is 3.29. The Kier molecular flexibility index (Phi) is 1.04. The zero-order valence-electron chi connectivity index (χ0n) is 6.77. The van der Waals surface area contributed by atoms with E-state index in [1.807, 2.05) is 0 Å². The first kappa shape index (κ1) is 6.82. The Morgan fingerprint density at radius 1 is 1.38 bits per heavy atom. The molecule has 1 aliphatic carbocycles. The minimum absolute atomic E-state index is 0.144. The monoisotopic (exact) mass is 174 g/mol. The third kappa shape index (κ3) is 0.838. The number of aromatic nitrogens is 2. The van der Waals surface area contributed by atoms with E-state index >= 15 is 0 Å². The van der Waals surface area contributed by atoms with E-state index in [9.17, 15) is 4.79 Å². The molecule has 1 saturated carbocycles. The highest BCUT2D eigenvalue weighted by atomic mass is 16.2. The predicted octanol–water partition coefficient (Wildman–Crippen LogP) is -1.21. The fourth-order valence-electron chi connectivity index (χ4n) is 1.39. The second kappa shape index (κ2) is 1.99. The molecule has 2 heterocycles. The molecule has 1 aromatic heterocycles. The van der Waals surface area contributed by atoms with Crippen LogP contribution in [0.15, 0.2) is 22.5 Å². The number of hydrogen-bond acceptors (Lipinski definition) is 4. The average Bonchev–Trinajstić information content (AvgIpc) is 2.88. The highest BCUT2D eigenvalue weighted by Crippen LogP contribution is 2.40. The summed E-state index contributed by atoms with van der Waals surface area (Å²) in [6.45, 7) is 0. The van der Waals surface area contributed by atoms with Crippen LogP contribution in [-0.2, 0) is 4.79 Å². The van der Waals surface area contributed by atoms with Crippen molar-refractivity contribution >= 4 is 5.91 Å². The van der Waals surface area contributed by atoms with Crippen molar-refractivity contribution in [2.45, 2.75) is 18.4 Å². The molecule has 1 aliphatic heterocycles. The maximum Gasteiger partial charge on any atom is 0.274 e. The van der Waals surface area contributed by atoms with E-state index in [0.29, 0.717) is 10.8 Å². The highest BCUT2D eigenvalue weighted by Gasteiger charge is 2.51. The largest absolute Gasteiger partial charge is 0.274 e. The molecule has 1 spiro atoms. The lowest BCUT2D eigenvalue weighted by Gasteiger charge is -2.06. The number of amides is 1. The normalized spacial score (nSPS) is 21.7. The van der Waals surface area contributed by atoms with Gasteiger partial charge in [0.25, 0.3) is 5.91 Å². The molecule has 0 bridgehead atoms. The van der Waals surface area contributed by atoms with Crippen molar-refractivity contribution in [3.05, 3.63) is 23.4 Å². The van der Waals surface area contributed by atoms with Gasteiger partial charge in [-0.2, -0.15) is 0 Å². The summed E-state index contributed by atoms with van der Waals surface area (Å²) in [4.78, 5) is 27.4. The van der Waals surface area contributed by atoms with Crippen LogP contribution in [0.2, 0.25) is 0 Å². The minimum atomic E-state index is -0.540. The van der Waals surface area contributed by atoms with Gasteiger partial charge < -0.3 is 0 Å². The maximum absolute atomic E-state index is 11.4. The molecule has 0 atom stereocenters. The van der Waals surface area contributed by atoms with E-state index < -0.39 is 5.54 Å². The molecule has 5 nitrogen and oxygen atoms in total. The zero-order valence-corrected chi connectivity index (χ0v) is 6.77. The summed E-state index contributed by atoms with van der Waals surface area (Å²) >= 11 is 0. The van der Waals surface area contributed by atoms with Crippen molar-refractivity contribution in [3.8, 4) is 0 Å². The van der Waals surface area contributed by atoms with Gasteiger partial charge in [0.2, 0.25) is 0 Å². The highest BCUT2D eigenvalue weighted by molar-refractivity contribution is 5.90. The number of carbonyl (C=O) groups excluding carboxylic acids is 1. The number of hydrogen-bond donors (Lipinski definition) is 0. The third-order valence-corrected chi connectivity index (χ3v) is 2.34. The van der Waals surface area contributed by atoms with Gasteiger partial charge in [-0.05, 0) is 12.8 Å². The molecular formula is C8H6N4O. The smallest absolute Gasteiger partial charge is 0.270 e. The Morgan fingerprint density at radius 2 is 2.23 bits per heavy atom. The van der Waals surface area contributed by atoms with Crippen LogP contribution in [0.3, 0.4) is 0 Å². The van der Waals surface area contributed by atoms with E-state index in [2.05, 4.69) is 20.0 Å². The molecule has 0 saturated heterocycles. The van der Waals surface area contributed by atoms with E-state index in [-0.39, 0.29) is 5.91 Å². The summed E-state index contributed by atoms with van der Waals surface area (Å²) < 4.78 is 0. The Bertz CT molecular complexity index is 503. The molecule has 0 N–H and O–H groups in total. The topological polar surface area (TPSA) is 67.6 Å². The summed E-state index contributed by atoms with van der Waals surface area (Å²) in [5, 5.41) is 0.491. The van der Waals surface area contributed by atoms with Gasteiger partial charge in [-0.1, -0.05) is 0 Å². The van der Waals surface area contributed by atoms with Crippen LogP contribution >= 0.6 is 0 Å². The van der Waals surface area contributed by atoms with Crippen molar-refractivity contribution in [1.82, 2.24) is 9.97 Å². The summed E-state index contributed by atoms with van der Waals surface area (Å²) in [7, 11) is 0. The van der Waals surface area contributed by atoms with Crippen LogP contribution in [0.25, 0.3) is 0 Å². The van der Waals surface area contributed by atoms with Crippen LogP contribution in [0.5, 0.6) is 0 Å². The molecule has 3 rings (SSSR count). The average molecular weight is 174 g/mol. The fraction of sp³-hybridized carbons (Fsp3) is 0.375. The number of fused-ring (bicyclic) bond motifs is 1. The lowest BCUT2D eigenvalue weighted by Crippen LogP contribution is -2.40. The molecule has 0 unspecified atom stereocenters. The molecule has 2 aliphatic rings. The summed E-state index contributed by atoms with van der Waals surface area (Å²) in [6.07, 6.45) is 4.54. The third-order valence-electron chi connectivity index (χ3n) is 2.34. The molecule has 0 radical (unpaired) electrons. The Balaban J connectivity index is 2.38. The Morgan fingerprint density at radius 3 is 3.00 bits per heavy atom. The lowest BCUT2D eigenvalue weighted by atomic mass is 10.2. The van der Waals surface area contributed by atoms with Gasteiger partial charge in [0, 0.05) is 0 Å². The molecule has 5 heteroatoms. The molecule has 0 aromatic carbocycles.